The fourth-order valence-corrected chi connectivity index (χ4v) is 1.47. The number of aliphatic hydroxyl groups excluding tert-OH is 1. The highest BCUT2D eigenvalue weighted by molar-refractivity contribution is 5.07. The number of aromatic amines is 1. The van der Waals surface area contributed by atoms with Crippen molar-refractivity contribution in [2.24, 2.45) is 5.41 Å². The third-order valence-corrected chi connectivity index (χ3v) is 2.63. The topological polar surface area (TPSA) is 48.0 Å². The Balaban J connectivity index is 2.03. The summed E-state index contributed by atoms with van der Waals surface area (Å²) in [7, 11) is 0. The number of H-pyrrole nitrogens is 1. The van der Waals surface area contributed by atoms with Crippen LogP contribution in [0.25, 0.3) is 0 Å². The zero-order chi connectivity index (χ0) is 11.1. The van der Waals surface area contributed by atoms with Gasteiger partial charge in [0.1, 0.15) is 0 Å². The maximum Gasteiger partial charge on any atom is 0.0482 e. The van der Waals surface area contributed by atoms with Gasteiger partial charge in [-0.3, -0.25) is 0 Å². The molecule has 0 aromatic carbocycles. The third-order valence-electron chi connectivity index (χ3n) is 2.63. The van der Waals surface area contributed by atoms with Crippen molar-refractivity contribution in [1.82, 2.24) is 10.3 Å². The molecule has 0 atom stereocenters. The molecule has 0 aliphatic heterocycles. The van der Waals surface area contributed by atoms with Crippen molar-refractivity contribution in [1.29, 1.82) is 0 Å². The van der Waals surface area contributed by atoms with E-state index in [0.29, 0.717) is 0 Å². The van der Waals surface area contributed by atoms with Crippen LogP contribution in [0, 0.1) is 5.41 Å². The van der Waals surface area contributed by atoms with Crippen molar-refractivity contribution in [3.05, 3.63) is 24.0 Å². The largest absolute Gasteiger partial charge is 0.396 e. The summed E-state index contributed by atoms with van der Waals surface area (Å²) in [6.45, 7) is 6.39. The van der Waals surface area contributed by atoms with Gasteiger partial charge in [0.15, 0.2) is 0 Å². The molecule has 1 aromatic heterocycles. The molecule has 86 valence electrons. The minimum Gasteiger partial charge on any atom is -0.396 e. The first-order chi connectivity index (χ1) is 7.14. The Bertz CT molecular complexity index is 255. The molecule has 0 saturated carbocycles. The molecule has 0 aliphatic rings. The highest BCUT2D eigenvalue weighted by Gasteiger charge is 2.14. The van der Waals surface area contributed by atoms with Crippen LogP contribution in [0.3, 0.4) is 0 Å². The highest BCUT2D eigenvalue weighted by atomic mass is 16.3. The van der Waals surface area contributed by atoms with Gasteiger partial charge >= 0.3 is 0 Å². The fraction of sp³-hybridized carbons (Fsp3) is 0.667. The van der Waals surface area contributed by atoms with E-state index in [-0.39, 0.29) is 12.0 Å². The lowest BCUT2D eigenvalue weighted by molar-refractivity contribution is 0.148. The molecule has 1 heterocycles. The first-order valence-electron chi connectivity index (χ1n) is 5.57. The van der Waals surface area contributed by atoms with Crippen LogP contribution < -0.4 is 5.32 Å². The maximum atomic E-state index is 9.08. The van der Waals surface area contributed by atoms with E-state index in [1.165, 1.54) is 5.56 Å². The van der Waals surface area contributed by atoms with E-state index in [1.54, 1.807) is 0 Å². The molecule has 0 amide bonds. The van der Waals surface area contributed by atoms with E-state index in [0.717, 1.165) is 25.9 Å². The van der Waals surface area contributed by atoms with Gasteiger partial charge in [0.05, 0.1) is 0 Å². The van der Waals surface area contributed by atoms with Crippen LogP contribution in [0.15, 0.2) is 18.5 Å². The summed E-state index contributed by atoms with van der Waals surface area (Å²) in [5.74, 6) is 0. The number of nitrogens with one attached hydrogen (secondary N) is 2. The quantitative estimate of drug-likeness (QED) is 0.602. The zero-order valence-electron chi connectivity index (χ0n) is 9.71. The number of aromatic nitrogens is 1. The van der Waals surface area contributed by atoms with Crippen molar-refractivity contribution < 1.29 is 5.11 Å². The van der Waals surface area contributed by atoms with Gasteiger partial charge < -0.3 is 15.4 Å². The predicted molar refractivity (Wildman–Crippen MR) is 62.6 cm³/mol. The Hall–Kier alpha value is -0.800. The summed E-state index contributed by atoms with van der Waals surface area (Å²) < 4.78 is 0. The molecule has 0 unspecified atom stereocenters. The lowest BCUT2D eigenvalue weighted by Gasteiger charge is -2.21. The number of aliphatic hydroxyl groups is 1. The molecule has 3 nitrogen and oxygen atoms in total. The van der Waals surface area contributed by atoms with Crippen molar-refractivity contribution in [3.63, 3.8) is 0 Å². The van der Waals surface area contributed by atoms with E-state index in [4.69, 9.17) is 5.11 Å². The summed E-state index contributed by atoms with van der Waals surface area (Å²) in [6, 6.07) is 2.07. The van der Waals surface area contributed by atoms with Gasteiger partial charge in [-0.2, -0.15) is 0 Å². The predicted octanol–water partition coefficient (Wildman–Crippen LogP) is 1.90. The second-order valence-electron chi connectivity index (χ2n) is 4.82. The molecular formula is C12H22N2O. The molecule has 0 aliphatic carbocycles. The van der Waals surface area contributed by atoms with Gasteiger partial charge in [-0.1, -0.05) is 13.8 Å². The summed E-state index contributed by atoms with van der Waals surface area (Å²) in [4.78, 5) is 3.03. The monoisotopic (exact) mass is 210 g/mol. The first-order valence-corrected chi connectivity index (χ1v) is 5.57. The fourth-order valence-electron chi connectivity index (χ4n) is 1.47. The minimum absolute atomic E-state index is 0.0652. The smallest absolute Gasteiger partial charge is 0.0482 e. The van der Waals surface area contributed by atoms with E-state index >= 15 is 0 Å². The Morgan fingerprint density at radius 3 is 2.87 bits per heavy atom. The molecule has 1 aromatic rings. The Morgan fingerprint density at radius 2 is 2.27 bits per heavy atom. The lowest BCUT2D eigenvalue weighted by Crippen LogP contribution is -2.20. The van der Waals surface area contributed by atoms with Gasteiger partial charge in [0, 0.05) is 25.5 Å². The molecule has 1 rings (SSSR count). The second kappa shape index (κ2) is 5.93. The van der Waals surface area contributed by atoms with Crippen LogP contribution in [0.2, 0.25) is 0 Å². The van der Waals surface area contributed by atoms with Crippen molar-refractivity contribution in [3.8, 4) is 0 Å². The van der Waals surface area contributed by atoms with Crippen LogP contribution in [-0.4, -0.2) is 23.2 Å². The van der Waals surface area contributed by atoms with Crippen LogP contribution in [-0.2, 0) is 6.54 Å². The van der Waals surface area contributed by atoms with Gasteiger partial charge in [-0.15, -0.1) is 0 Å². The van der Waals surface area contributed by atoms with Crippen LogP contribution >= 0.6 is 0 Å². The zero-order valence-corrected chi connectivity index (χ0v) is 9.71. The Labute approximate surface area is 91.9 Å². The molecular weight excluding hydrogens is 188 g/mol. The molecule has 0 bridgehead atoms. The van der Waals surface area contributed by atoms with Crippen molar-refractivity contribution in [2.45, 2.75) is 33.2 Å². The summed E-state index contributed by atoms with van der Waals surface area (Å²) >= 11 is 0. The van der Waals surface area contributed by atoms with Gasteiger partial charge in [-0.05, 0) is 36.4 Å². The van der Waals surface area contributed by atoms with Gasteiger partial charge in [0.25, 0.3) is 0 Å². The summed E-state index contributed by atoms with van der Waals surface area (Å²) in [5, 5.41) is 12.5. The summed E-state index contributed by atoms with van der Waals surface area (Å²) in [6.07, 6.45) is 6.11. The molecule has 0 radical (unpaired) electrons. The third kappa shape index (κ3) is 5.00. The van der Waals surface area contributed by atoms with E-state index in [9.17, 15) is 0 Å². The van der Waals surface area contributed by atoms with Crippen LogP contribution in [0.4, 0.5) is 0 Å². The van der Waals surface area contributed by atoms with Gasteiger partial charge in [-0.25, -0.2) is 0 Å². The standard InChI is InChI=1S/C12H22N2O/c1-12(2,10-15)5-3-6-13-8-11-4-7-14-9-11/h4,7,9,13-15H,3,5-6,8,10H2,1-2H3. The average Bonchev–Trinajstić information content (AvgIpc) is 2.70. The second-order valence-corrected chi connectivity index (χ2v) is 4.82. The van der Waals surface area contributed by atoms with Gasteiger partial charge in [0.2, 0.25) is 0 Å². The molecule has 0 saturated heterocycles. The summed E-state index contributed by atoms with van der Waals surface area (Å²) in [5.41, 5.74) is 1.35. The molecule has 15 heavy (non-hydrogen) atoms. The SMILES string of the molecule is CC(C)(CO)CCCNCc1cc[nH]c1. The lowest BCUT2D eigenvalue weighted by atomic mass is 9.89. The molecule has 0 spiro atoms. The van der Waals surface area contributed by atoms with Crippen molar-refractivity contribution >= 4 is 0 Å². The Kier molecular flexibility index (Phi) is 4.85. The van der Waals surface area contributed by atoms with E-state index in [1.807, 2.05) is 12.4 Å². The highest BCUT2D eigenvalue weighted by Crippen LogP contribution is 2.20. The number of rotatable bonds is 7. The normalized spacial score (nSPS) is 11.9. The van der Waals surface area contributed by atoms with E-state index in [2.05, 4.69) is 30.2 Å². The Morgan fingerprint density at radius 1 is 1.47 bits per heavy atom. The maximum absolute atomic E-state index is 9.08. The molecule has 3 N–H and O–H groups in total. The van der Waals surface area contributed by atoms with Crippen LogP contribution in [0.5, 0.6) is 0 Å². The minimum atomic E-state index is 0.0652. The average molecular weight is 210 g/mol. The number of hydrogen-bond acceptors (Lipinski definition) is 2. The first kappa shape index (κ1) is 12.3. The number of hydrogen-bond donors (Lipinski definition) is 3. The molecule has 3 heteroatoms. The van der Waals surface area contributed by atoms with E-state index < -0.39 is 0 Å². The molecule has 0 fully saturated rings. The van der Waals surface area contributed by atoms with Crippen LogP contribution in [0.1, 0.15) is 32.3 Å². The van der Waals surface area contributed by atoms with Crippen molar-refractivity contribution in [2.75, 3.05) is 13.2 Å².